The molecular weight excluding hydrogens is 340 g/mol. The zero-order valence-corrected chi connectivity index (χ0v) is 14.9. The number of hydrogen-bond donors (Lipinski definition) is 3. The van der Waals surface area contributed by atoms with Gasteiger partial charge in [-0.05, 0) is 31.0 Å². The van der Waals surface area contributed by atoms with Crippen molar-refractivity contribution in [3.63, 3.8) is 0 Å². The molecule has 0 atom stereocenters. The van der Waals surface area contributed by atoms with Gasteiger partial charge in [0.2, 0.25) is 5.71 Å². The molecule has 0 unspecified atom stereocenters. The van der Waals surface area contributed by atoms with E-state index in [9.17, 15) is 8.42 Å². The predicted molar refractivity (Wildman–Crippen MR) is 98.8 cm³/mol. The third kappa shape index (κ3) is 4.93. The lowest BCUT2D eigenvalue weighted by molar-refractivity contribution is 0.602. The first kappa shape index (κ1) is 18.7. The summed E-state index contributed by atoms with van der Waals surface area (Å²) in [4.78, 5) is 2.29. The van der Waals surface area contributed by atoms with Crippen molar-refractivity contribution in [2.24, 2.45) is 10.8 Å². The van der Waals surface area contributed by atoms with Crippen molar-refractivity contribution in [3.05, 3.63) is 18.2 Å². The molecule has 8 nitrogen and oxygen atoms in total. The summed E-state index contributed by atoms with van der Waals surface area (Å²) in [6.07, 6.45) is 5.68. The average Bonchev–Trinajstić information content (AvgIpc) is 2.83. The highest BCUT2D eigenvalue weighted by Gasteiger charge is 2.17. The molecule has 1 saturated heterocycles. The minimum Gasteiger partial charge on any atom is -0.382 e. The standard InChI is InChI=1S/C16H22N6O2S/c1-25(23,24)15-7-6-12(22-8-4-2-3-5-9-22)10-13(15)20-21-14(11-17)16(18)19/h6-7,10,20H,2-5,8-9H2,1H3,(H3,18,19)/b21-14+. The normalized spacial score (nSPS) is 16.0. The Balaban J connectivity index is 2.41. The van der Waals surface area contributed by atoms with Gasteiger partial charge in [-0.1, -0.05) is 12.8 Å². The van der Waals surface area contributed by atoms with Crippen LogP contribution in [0.3, 0.4) is 0 Å². The van der Waals surface area contributed by atoms with E-state index in [-0.39, 0.29) is 16.3 Å². The van der Waals surface area contributed by atoms with Gasteiger partial charge in [-0.15, -0.1) is 0 Å². The zero-order valence-electron chi connectivity index (χ0n) is 14.1. The number of anilines is 2. The van der Waals surface area contributed by atoms with E-state index in [0.717, 1.165) is 37.9 Å². The second-order valence-corrected chi connectivity index (χ2v) is 7.94. The van der Waals surface area contributed by atoms with Crippen LogP contribution in [-0.4, -0.2) is 39.3 Å². The number of sulfone groups is 1. The van der Waals surface area contributed by atoms with E-state index < -0.39 is 15.7 Å². The molecule has 2 rings (SSSR count). The molecule has 0 amide bonds. The molecule has 0 bridgehead atoms. The van der Waals surface area contributed by atoms with Gasteiger partial charge >= 0.3 is 0 Å². The van der Waals surface area contributed by atoms with E-state index >= 15 is 0 Å². The number of hydrazone groups is 1. The van der Waals surface area contributed by atoms with Crippen LogP contribution >= 0.6 is 0 Å². The number of hydrogen-bond acceptors (Lipinski definition) is 7. The van der Waals surface area contributed by atoms with Gasteiger partial charge in [0.1, 0.15) is 6.07 Å². The smallest absolute Gasteiger partial charge is 0.201 e. The number of nitrogens with zero attached hydrogens (tertiary/aromatic N) is 3. The van der Waals surface area contributed by atoms with Crippen LogP contribution in [0.25, 0.3) is 0 Å². The number of rotatable bonds is 5. The minimum absolute atomic E-state index is 0.0793. The van der Waals surface area contributed by atoms with Gasteiger partial charge in [0.15, 0.2) is 15.7 Å². The highest BCUT2D eigenvalue weighted by Crippen LogP contribution is 2.29. The van der Waals surface area contributed by atoms with Crippen molar-refractivity contribution in [2.45, 2.75) is 30.6 Å². The Labute approximate surface area is 147 Å². The summed E-state index contributed by atoms with van der Waals surface area (Å²) < 4.78 is 24.0. The first-order valence-corrected chi connectivity index (χ1v) is 9.89. The molecule has 1 aromatic rings. The summed E-state index contributed by atoms with van der Waals surface area (Å²) >= 11 is 0. The van der Waals surface area contributed by atoms with Crippen molar-refractivity contribution in [1.82, 2.24) is 0 Å². The molecule has 1 heterocycles. The first-order chi connectivity index (χ1) is 11.8. The van der Waals surface area contributed by atoms with E-state index in [4.69, 9.17) is 16.4 Å². The van der Waals surface area contributed by atoms with Crippen molar-refractivity contribution < 1.29 is 8.42 Å². The largest absolute Gasteiger partial charge is 0.382 e. The fraction of sp³-hybridized carbons (Fsp3) is 0.438. The second-order valence-electron chi connectivity index (χ2n) is 5.95. The van der Waals surface area contributed by atoms with Gasteiger partial charge in [-0.2, -0.15) is 10.4 Å². The molecule has 1 aromatic carbocycles. The lowest BCUT2D eigenvalue weighted by atomic mass is 10.2. The van der Waals surface area contributed by atoms with Crippen molar-refractivity contribution in [2.75, 3.05) is 29.7 Å². The van der Waals surface area contributed by atoms with Gasteiger partial charge in [0.25, 0.3) is 0 Å². The summed E-state index contributed by atoms with van der Waals surface area (Å²) in [6.45, 7) is 1.83. The Bertz CT molecular complexity index is 818. The third-order valence-corrected chi connectivity index (χ3v) is 5.14. The van der Waals surface area contributed by atoms with Gasteiger partial charge in [-0.3, -0.25) is 10.8 Å². The van der Waals surface area contributed by atoms with Crippen LogP contribution in [0.1, 0.15) is 25.7 Å². The van der Waals surface area contributed by atoms with Crippen molar-refractivity contribution >= 4 is 32.8 Å². The molecule has 1 aliphatic heterocycles. The lowest BCUT2D eigenvalue weighted by Crippen LogP contribution is -2.24. The number of nitrogens with one attached hydrogen (secondary N) is 2. The lowest BCUT2D eigenvalue weighted by Gasteiger charge is -2.23. The molecule has 0 radical (unpaired) electrons. The Morgan fingerprint density at radius 1 is 1.32 bits per heavy atom. The maximum atomic E-state index is 12.0. The topological polar surface area (TPSA) is 135 Å². The van der Waals surface area contributed by atoms with Gasteiger partial charge in [0, 0.05) is 25.0 Å². The first-order valence-electron chi connectivity index (χ1n) is 8.00. The van der Waals surface area contributed by atoms with E-state index in [1.807, 2.05) is 0 Å². The molecule has 134 valence electrons. The maximum absolute atomic E-state index is 12.0. The molecular formula is C16H22N6O2S. The fourth-order valence-electron chi connectivity index (χ4n) is 2.72. The molecule has 1 aliphatic rings. The SMILES string of the molecule is CS(=O)(=O)c1ccc(N2CCCCCC2)cc1N/N=C(\C#N)C(=N)N. The fourth-order valence-corrected chi connectivity index (χ4v) is 3.54. The zero-order chi connectivity index (χ0) is 18.4. The number of benzene rings is 1. The van der Waals surface area contributed by atoms with E-state index in [1.165, 1.54) is 18.9 Å². The Kier molecular flexibility index (Phi) is 5.98. The molecule has 0 aliphatic carbocycles. The van der Waals surface area contributed by atoms with Crippen LogP contribution in [0.2, 0.25) is 0 Å². The highest BCUT2D eigenvalue weighted by molar-refractivity contribution is 7.90. The molecule has 4 N–H and O–H groups in total. The summed E-state index contributed by atoms with van der Waals surface area (Å²) in [5, 5.41) is 20.0. The second kappa shape index (κ2) is 7.98. The molecule has 25 heavy (non-hydrogen) atoms. The van der Waals surface area contributed by atoms with E-state index in [0.29, 0.717) is 0 Å². The molecule has 9 heteroatoms. The number of amidine groups is 1. The van der Waals surface area contributed by atoms with Crippen LogP contribution in [0.15, 0.2) is 28.2 Å². The molecule has 0 saturated carbocycles. The quantitative estimate of drug-likeness (QED) is 0.414. The van der Waals surface area contributed by atoms with Crippen molar-refractivity contribution in [1.29, 1.82) is 10.7 Å². The van der Waals surface area contributed by atoms with Crippen LogP contribution in [0.4, 0.5) is 11.4 Å². The Morgan fingerprint density at radius 2 is 1.96 bits per heavy atom. The maximum Gasteiger partial charge on any atom is 0.201 e. The highest BCUT2D eigenvalue weighted by atomic mass is 32.2. The van der Waals surface area contributed by atoms with Crippen LogP contribution in [0, 0.1) is 16.7 Å². The van der Waals surface area contributed by atoms with Gasteiger partial charge < -0.3 is 10.6 Å². The average molecular weight is 362 g/mol. The summed E-state index contributed by atoms with van der Waals surface area (Å²) in [5.74, 6) is -0.487. The third-order valence-electron chi connectivity index (χ3n) is 3.98. The monoisotopic (exact) mass is 362 g/mol. The number of nitrogens with two attached hydrogens (primary N) is 1. The molecule has 0 aromatic heterocycles. The van der Waals surface area contributed by atoms with Crippen LogP contribution in [-0.2, 0) is 9.84 Å². The van der Waals surface area contributed by atoms with Gasteiger partial charge in [-0.25, -0.2) is 8.42 Å². The predicted octanol–water partition coefficient (Wildman–Crippen LogP) is 1.70. The summed E-state index contributed by atoms with van der Waals surface area (Å²) in [5.41, 5.74) is 8.70. The summed E-state index contributed by atoms with van der Waals surface area (Å²) in [6, 6.07) is 6.72. The van der Waals surface area contributed by atoms with Crippen LogP contribution in [0.5, 0.6) is 0 Å². The van der Waals surface area contributed by atoms with Crippen molar-refractivity contribution in [3.8, 4) is 6.07 Å². The molecule has 1 fully saturated rings. The summed E-state index contributed by atoms with van der Waals surface area (Å²) in [7, 11) is -3.48. The Hall–Kier alpha value is -2.60. The molecule has 0 spiro atoms. The van der Waals surface area contributed by atoms with E-state index in [2.05, 4.69) is 15.4 Å². The van der Waals surface area contributed by atoms with E-state index in [1.54, 1.807) is 18.2 Å². The van der Waals surface area contributed by atoms with Crippen LogP contribution < -0.4 is 16.1 Å². The van der Waals surface area contributed by atoms with Gasteiger partial charge in [0.05, 0.1) is 10.6 Å². The minimum atomic E-state index is -3.48. The number of nitriles is 1. The Morgan fingerprint density at radius 3 is 2.48 bits per heavy atom.